The highest BCUT2D eigenvalue weighted by molar-refractivity contribution is 5.77. The van der Waals surface area contributed by atoms with Crippen LogP contribution in [0.5, 0.6) is 5.75 Å². The second kappa shape index (κ2) is 8.89. The minimum atomic E-state index is 0.784. The van der Waals surface area contributed by atoms with E-state index in [-0.39, 0.29) is 0 Å². The van der Waals surface area contributed by atoms with Crippen LogP contribution >= 0.6 is 0 Å². The summed E-state index contributed by atoms with van der Waals surface area (Å²) in [6.07, 6.45) is 4.60. The van der Waals surface area contributed by atoms with Gasteiger partial charge in [-0.15, -0.1) is 0 Å². The van der Waals surface area contributed by atoms with E-state index < -0.39 is 0 Å². The maximum absolute atomic E-state index is 5.97. The fraction of sp³-hybridized carbons (Fsp3) is 0.455. The third-order valence-corrected chi connectivity index (χ3v) is 4.60. The number of rotatable bonds is 8. The van der Waals surface area contributed by atoms with E-state index in [4.69, 9.17) is 10.5 Å². The highest BCUT2D eigenvalue weighted by Gasteiger charge is 2.12. The fourth-order valence-electron chi connectivity index (χ4n) is 3.40. The van der Waals surface area contributed by atoms with Gasteiger partial charge < -0.3 is 10.5 Å². The normalized spacial score (nSPS) is 10.9. The van der Waals surface area contributed by atoms with Crippen molar-refractivity contribution in [3.8, 4) is 16.9 Å². The fourth-order valence-corrected chi connectivity index (χ4v) is 3.40. The first-order chi connectivity index (χ1) is 11.5. The van der Waals surface area contributed by atoms with Gasteiger partial charge in [0.2, 0.25) is 0 Å². The van der Waals surface area contributed by atoms with Crippen LogP contribution in [0.25, 0.3) is 11.1 Å². The summed E-state index contributed by atoms with van der Waals surface area (Å²) in [4.78, 5) is 0. The summed E-state index contributed by atoms with van der Waals surface area (Å²) in [6, 6.07) is 10.9. The van der Waals surface area contributed by atoms with Gasteiger partial charge in [0.15, 0.2) is 0 Å². The van der Waals surface area contributed by atoms with Crippen molar-refractivity contribution in [2.75, 3.05) is 13.2 Å². The van der Waals surface area contributed by atoms with E-state index in [0.29, 0.717) is 0 Å². The molecule has 0 unspecified atom stereocenters. The van der Waals surface area contributed by atoms with Crippen molar-refractivity contribution < 1.29 is 4.74 Å². The lowest BCUT2D eigenvalue weighted by molar-refractivity contribution is 0.304. The Morgan fingerprint density at radius 3 is 1.88 bits per heavy atom. The quantitative estimate of drug-likeness (QED) is 0.652. The SMILES string of the molecule is Cc1cccc(C)c1-c1c(C)cc(OCCCCCCN)cc1C. The third-order valence-electron chi connectivity index (χ3n) is 4.60. The average Bonchev–Trinajstić information content (AvgIpc) is 2.53. The number of aryl methyl sites for hydroxylation is 4. The first kappa shape index (κ1) is 18.5. The van der Waals surface area contributed by atoms with E-state index in [1.807, 2.05) is 0 Å². The van der Waals surface area contributed by atoms with Crippen molar-refractivity contribution in [3.63, 3.8) is 0 Å². The summed E-state index contributed by atoms with van der Waals surface area (Å²) in [6.45, 7) is 10.3. The van der Waals surface area contributed by atoms with E-state index in [1.165, 1.54) is 46.2 Å². The largest absolute Gasteiger partial charge is 0.494 e. The second-order valence-electron chi connectivity index (χ2n) is 6.75. The molecule has 0 aromatic heterocycles. The summed E-state index contributed by atoms with van der Waals surface area (Å²) < 4.78 is 5.97. The molecule has 0 saturated heterocycles. The topological polar surface area (TPSA) is 35.2 Å². The Hall–Kier alpha value is -1.80. The highest BCUT2D eigenvalue weighted by Crippen LogP contribution is 2.35. The molecule has 0 heterocycles. The zero-order valence-electron chi connectivity index (χ0n) is 15.6. The number of benzene rings is 2. The molecule has 2 heteroatoms. The molecule has 0 aliphatic rings. The van der Waals surface area contributed by atoms with Gasteiger partial charge in [-0.2, -0.15) is 0 Å². The molecule has 0 saturated carbocycles. The van der Waals surface area contributed by atoms with Gasteiger partial charge in [0.1, 0.15) is 5.75 Å². The molecule has 2 nitrogen and oxygen atoms in total. The van der Waals surface area contributed by atoms with Crippen molar-refractivity contribution in [1.82, 2.24) is 0 Å². The predicted octanol–water partition coefficient (Wildman–Crippen LogP) is 5.49. The number of unbranched alkanes of at least 4 members (excludes halogenated alkanes) is 3. The molecule has 24 heavy (non-hydrogen) atoms. The lowest BCUT2D eigenvalue weighted by Gasteiger charge is -2.17. The van der Waals surface area contributed by atoms with Gasteiger partial charge in [-0.05, 0) is 92.6 Å². The molecule has 0 amide bonds. The monoisotopic (exact) mass is 325 g/mol. The molecule has 0 fully saturated rings. The van der Waals surface area contributed by atoms with Crippen LogP contribution in [0.2, 0.25) is 0 Å². The maximum atomic E-state index is 5.97. The number of ether oxygens (including phenoxy) is 1. The summed E-state index contributed by atoms with van der Waals surface area (Å²) in [5, 5.41) is 0. The van der Waals surface area contributed by atoms with Crippen molar-refractivity contribution >= 4 is 0 Å². The molecule has 2 rings (SSSR count). The van der Waals surface area contributed by atoms with Gasteiger partial charge in [-0.1, -0.05) is 31.0 Å². The molecular formula is C22H31NO. The summed E-state index contributed by atoms with van der Waals surface area (Å²) in [5.41, 5.74) is 13.5. The van der Waals surface area contributed by atoms with Gasteiger partial charge >= 0.3 is 0 Å². The minimum absolute atomic E-state index is 0.784. The number of hydrogen-bond donors (Lipinski definition) is 1. The maximum Gasteiger partial charge on any atom is 0.119 e. The van der Waals surface area contributed by atoms with E-state index in [1.54, 1.807) is 0 Å². The third kappa shape index (κ3) is 4.61. The van der Waals surface area contributed by atoms with Gasteiger partial charge in [-0.25, -0.2) is 0 Å². The van der Waals surface area contributed by atoms with Crippen LogP contribution in [-0.2, 0) is 0 Å². The van der Waals surface area contributed by atoms with Crippen LogP contribution in [0.15, 0.2) is 30.3 Å². The molecule has 0 bridgehead atoms. The molecule has 0 spiro atoms. The zero-order valence-corrected chi connectivity index (χ0v) is 15.6. The van der Waals surface area contributed by atoms with Crippen molar-refractivity contribution in [2.45, 2.75) is 53.4 Å². The Bertz CT molecular complexity index is 632. The minimum Gasteiger partial charge on any atom is -0.494 e. The first-order valence-electron chi connectivity index (χ1n) is 9.05. The number of nitrogens with two attached hydrogens (primary N) is 1. The van der Waals surface area contributed by atoms with Gasteiger partial charge in [0.05, 0.1) is 6.61 Å². The van der Waals surface area contributed by atoms with Crippen LogP contribution < -0.4 is 10.5 Å². The van der Waals surface area contributed by atoms with E-state index >= 15 is 0 Å². The summed E-state index contributed by atoms with van der Waals surface area (Å²) >= 11 is 0. The molecule has 0 aliphatic heterocycles. The molecule has 0 radical (unpaired) electrons. The molecule has 0 atom stereocenters. The average molecular weight is 325 g/mol. The molecule has 2 aromatic carbocycles. The van der Waals surface area contributed by atoms with Gasteiger partial charge in [0.25, 0.3) is 0 Å². The van der Waals surface area contributed by atoms with Gasteiger partial charge in [-0.3, -0.25) is 0 Å². The van der Waals surface area contributed by atoms with Gasteiger partial charge in [0, 0.05) is 0 Å². The van der Waals surface area contributed by atoms with Crippen LogP contribution in [0.3, 0.4) is 0 Å². The zero-order chi connectivity index (χ0) is 17.5. The Labute approximate surface area is 147 Å². The Morgan fingerprint density at radius 1 is 0.750 bits per heavy atom. The second-order valence-corrected chi connectivity index (χ2v) is 6.75. The molecular weight excluding hydrogens is 294 g/mol. The van der Waals surface area contributed by atoms with E-state index in [9.17, 15) is 0 Å². The van der Waals surface area contributed by atoms with Crippen molar-refractivity contribution in [3.05, 3.63) is 52.6 Å². The first-order valence-corrected chi connectivity index (χ1v) is 9.05. The Kier molecular flexibility index (Phi) is 6.86. The predicted molar refractivity (Wildman–Crippen MR) is 104 cm³/mol. The Morgan fingerprint density at radius 2 is 1.29 bits per heavy atom. The van der Waals surface area contributed by atoms with Crippen LogP contribution in [0.4, 0.5) is 0 Å². The van der Waals surface area contributed by atoms with Crippen LogP contribution in [0.1, 0.15) is 47.9 Å². The van der Waals surface area contributed by atoms with Crippen molar-refractivity contribution in [2.24, 2.45) is 5.73 Å². The standard InChI is InChI=1S/C22H31NO/c1-16-10-9-11-17(2)21(16)22-18(3)14-20(15-19(22)4)24-13-8-6-5-7-12-23/h9-11,14-15H,5-8,12-13,23H2,1-4H3. The van der Waals surface area contributed by atoms with Crippen LogP contribution in [0, 0.1) is 27.7 Å². The van der Waals surface area contributed by atoms with E-state index in [2.05, 4.69) is 58.0 Å². The van der Waals surface area contributed by atoms with Crippen molar-refractivity contribution in [1.29, 1.82) is 0 Å². The van der Waals surface area contributed by atoms with E-state index in [0.717, 1.165) is 31.7 Å². The lowest BCUT2D eigenvalue weighted by Crippen LogP contribution is -2.01. The summed E-state index contributed by atoms with van der Waals surface area (Å²) in [7, 11) is 0. The summed E-state index contributed by atoms with van der Waals surface area (Å²) in [5.74, 6) is 0.985. The Balaban J connectivity index is 2.12. The molecule has 0 aliphatic carbocycles. The smallest absolute Gasteiger partial charge is 0.119 e. The van der Waals surface area contributed by atoms with Crippen LogP contribution in [-0.4, -0.2) is 13.2 Å². The number of hydrogen-bond acceptors (Lipinski definition) is 2. The highest BCUT2D eigenvalue weighted by atomic mass is 16.5. The molecule has 2 aromatic rings. The molecule has 130 valence electrons. The lowest BCUT2D eigenvalue weighted by atomic mass is 9.89. The molecule has 2 N–H and O–H groups in total.